The third kappa shape index (κ3) is 1.29. The zero-order valence-electron chi connectivity index (χ0n) is 7.37. The van der Waals surface area contributed by atoms with Crippen molar-refractivity contribution in [1.29, 1.82) is 5.26 Å². The Hall–Kier alpha value is -1.05. The third-order valence-corrected chi connectivity index (χ3v) is 4.06. The van der Waals surface area contributed by atoms with Gasteiger partial charge < -0.3 is 4.74 Å². The van der Waals surface area contributed by atoms with E-state index in [1.165, 1.54) is 11.3 Å². The summed E-state index contributed by atoms with van der Waals surface area (Å²) in [6.45, 7) is 0. The van der Waals surface area contributed by atoms with Crippen LogP contribution < -0.4 is 4.74 Å². The molecule has 0 atom stereocenters. The first kappa shape index (κ1) is 9.50. The zero-order chi connectivity index (χ0) is 10.1. The van der Waals surface area contributed by atoms with E-state index >= 15 is 0 Å². The number of methoxy groups -OCH3 is 1. The number of nitriles is 1. The maximum absolute atomic E-state index is 8.99. The minimum atomic E-state index is 0.619. The Kier molecular flexibility index (Phi) is 2.44. The van der Waals surface area contributed by atoms with E-state index in [9.17, 15) is 0 Å². The standard InChI is InChI=1S/C10H6BrNOS/c1-13-10-7(5-12)6-3-2-4-8(11)9(6)14-10/h2-4H,1H3. The lowest BCUT2D eigenvalue weighted by Gasteiger charge is -1.92. The largest absolute Gasteiger partial charge is 0.486 e. The van der Waals surface area contributed by atoms with E-state index in [1.807, 2.05) is 18.2 Å². The van der Waals surface area contributed by atoms with Gasteiger partial charge in [0, 0.05) is 9.86 Å². The van der Waals surface area contributed by atoms with Crippen LogP contribution in [0.4, 0.5) is 0 Å². The first-order valence-electron chi connectivity index (χ1n) is 3.93. The number of hydrogen-bond donors (Lipinski definition) is 0. The summed E-state index contributed by atoms with van der Waals surface area (Å²) in [4.78, 5) is 0. The molecule has 14 heavy (non-hydrogen) atoms. The van der Waals surface area contributed by atoms with Crippen molar-refractivity contribution in [3.8, 4) is 11.1 Å². The molecule has 0 aliphatic carbocycles. The van der Waals surface area contributed by atoms with Gasteiger partial charge >= 0.3 is 0 Å². The summed E-state index contributed by atoms with van der Waals surface area (Å²) in [5.41, 5.74) is 0.619. The summed E-state index contributed by atoms with van der Waals surface area (Å²) in [6, 6.07) is 7.96. The molecule has 1 aromatic heterocycles. The van der Waals surface area contributed by atoms with Crippen LogP contribution in [-0.2, 0) is 0 Å². The van der Waals surface area contributed by atoms with Crippen LogP contribution in [0.15, 0.2) is 22.7 Å². The third-order valence-electron chi connectivity index (χ3n) is 1.93. The lowest BCUT2D eigenvalue weighted by atomic mass is 10.2. The molecule has 2 rings (SSSR count). The van der Waals surface area contributed by atoms with Crippen molar-refractivity contribution >= 4 is 37.4 Å². The molecule has 2 nitrogen and oxygen atoms in total. The van der Waals surface area contributed by atoms with Crippen molar-refractivity contribution in [2.24, 2.45) is 0 Å². The molecular formula is C10H6BrNOS. The van der Waals surface area contributed by atoms with Crippen LogP contribution in [0.2, 0.25) is 0 Å². The quantitative estimate of drug-likeness (QED) is 0.792. The van der Waals surface area contributed by atoms with Crippen LogP contribution in [0.3, 0.4) is 0 Å². The fourth-order valence-electron chi connectivity index (χ4n) is 1.31. The van der Waals surface area contributed by atoms with Gasteiger partial charge in [-0.2, -0.15) is 5.26 Å². The highest BCUT2D eigenvalue weighted by Crippen LogP contribution is 2.40. The summed E-state index contributed by atoms with van der Waals surface area (Å²) < 4.78 is 7.21. The first-order valence-corrected chi connectivity index (χ1v) is 5.54. The number of benzene rings is 1. The highest BCUT2D eigenvalue weighted by Gasteiger charge is 2.13. The molecule has 1 heterocycles. The van der Waals surface area contributed by atoms with Gasteiger partial charge in [-0.05, 0) is 22.0 Å². The van der Waals surface area contributed by atoms with Gasteiger partial charge in [-0.15, -0.1) is 0 Å². The molecule has 1 aromatic carbocycles. The molecule has 0 radical (unpaired) electrons. The van der Waals surface area contributed by atoms with Crippen molar-refractivity contribution in [2.45, 2.75) is 0 Å². The van der Waals surface area contributed by atoms with E-state index in [1.54, 1.807) is 7.11 Å². The summed E-state index contributed by atoms with van der Waals surface area (Å²) in [6.07, 6.45) is 0. The van der Waals surface area contributed by atoms with Crippen molar-refractivity contribution in [3.63, 3.8) is 0 Å². The molecule has 4 heteroatoms. The second kappa shape index (κ2) is 3.60. The van der Waals surface area contributed by atoms with E-state index in [4.69, 9.17) is 10.00 Å². The average Bonchev–Trinajstić information content (AvgIpc) is 2.57. The molecule has 2 aromatic rings. The molecule has 0 N–H and O–H groups in total. The lowest BCUT2D eigenvalue weighted by molar-refractivity contribution is 0.426. The van der Waals surface area contributed by atoms with Crippen LogP contribution in [-0.4, -0.2) is 7.11 Å². The van der Waals surface area contributed by atoms with Crippen LogP contribution in [0.25, 0.3) is 10.1 Å². The molecule has 0 aliphatic rings. The Bertz CT molecular complexity index is 527. The van der Waals surface area contributed by atoms with Gasteiger partial charge in [-0.1, -0.05) is 23.5 Å². The molecule has 0 saturated heterocycles. The van der Waals surface area contributed by atoms with Crippen molar-refractivity contribution in [2.75, 3.05) is 7.11 Å². The number of fused-ring (bicyclic) bond motifs is 1. The van der Waals surface area contributed by atoms with Crippen molar-refractivity contribution < 1.29 is 4.74 Å². The van der Waals surface area contributed by atoms with Crippen LogP contribution in [0, 0.1) is 11.3 Å². The van der Waals surface area contributed by atoms with Crippen LogP contribution in [0.5, 0.6) is 5.06 Å². The molecule has 0 spiro atoms. The highest BCUT2D eigenvalue weighted by atomic mass is 79.9. The van der Waals surface area contributed by atoms with E-state index in [0.29, 0.717) is 10.6 Å². The summed E-state index contributed by atoms with van der Waals surface area (Å²) in [5.74, 6) is 0. The number of ether oxygens (including phenoxy) is 1. The lowest BCUT2D eigenvalue weighted by Crippen LogP contribution is -1.80. The smallest absolute Gasteiger partial charge is 0.192 e. The highest BCUT2D eigenvalue weighted by molar-refractivity contribution is 9.10. The molecule has 0 fully saturated rings. The zero-order valence-corrected chi connectivity index (χ0v) is 9.78. The number of rotatable bonds is 1. The van der Waals surface area contributed by atoms with Gasteiger partial charge in [0.1, 0.15) is 11.6 Å². The first-order chi connectivity index (χ1) is 6.77. The fraction of sp³-hybridized carbons (Fsp3) is 0.100. The number of hydrogen-bond acceptors (Lipinski definition) is 3. The second-order valence-corrected chi connectivity index (χ2v) is 4.53. The maximum Gasteiger partial charge on any atom is 0.192 e. The molecule has 0 bridgehead atoms. The van der Waals surface area contributed by atoms with Gasteiger partial charge in [0.25, 0.3) is 0 Å². The van der Waals surface area contributed by atoms with E-state index in [0.717, 1.165) is 14.6 Å². The van der Waals surface area contributed by atoms with Gasteiger partial charge in [0.15, 0.2) is 5.06 Å². The molecule has 0 unspecified atom stereocenters. The molecular weight excluding hydrogens is 262 g/mol. The van der Waals surface area contributed by atoms with Crippen molar-refractivity contribution in [3.05, 3.63) is 28.2 Å². The van der Waals surface area contributed by atoms with Gasteiger partial charge in [0.2, 0.25) is 0 Å². The fourth-order valence-corrected chi connectivity index (χ4v) is 2.89. The van der Waals surface area contributed by atoms with Gasteiger partial charge in [-0.3, -0.25) is 0 Å². The summed E-state index contributed by atoms with van der Waals surface area (Å²) in [7, 11) is 1.58. The predicted octanol–water partition coefficient (Wildman–Crippen LogP) is 3.54. The normalized spacial score (nSPS) is 10.1. The van der Waals surface area contributed by atoms with Crippen molar-refractivity contribution in [1.82, 2.24) is 0 Å². The van der Waals surface area contributed by atoms with Crippen LogP contribution >= 0.6 is 27.3 Å². The van der Waals surface area contributed by atoms with Crippen LogP contribution in [0.1, 0.15) is 5.56 Å². The molecule has 0 amide bonds. The van der Waals surface area contributed by atoms with E-state index in [2.05, 4.69) is 22.0 Å². The Morgan fingerprint density at radius 3 is 2.93 bits per heavy atom. The maximum atomic E-state index is 8.99. The Balaban J connectivity index is 2.88. The van der Waals surface area contributed by atoms with E-state index in [-0.39, 0.29) is 0 Å². The summed E-state index contributed by atoms with van der Waals surface area (Å²) in [5, 5.41) is 10.6. The predicted molar refractivity (Wildman–Crippen MR) is 60.8 cm³/mol. The molecule has 70 valence electrons. The minimum absolute atomic E-state index is 0.619. The van der Waals surface area contributed by atoms with Gasteiger partial charge in [0.05, 0.1) is 11.8 Å². The van der Waals surface area contributed by atoms with Gasteiger partial charge in [-0.25, -0.2) is 0 Å². The SMILES string of the molecule is COc1sc2c(Br)cccc2c1C#N. The Morgan fingerprint density at radius 2 is 2.29 bits per heavy atom. The number of nitrogens with zero attached hydrogens (tertiary/aromatic N) is 1. The molecule has 0 saturated carbocycles. The average molecular weight is 268 g/mol. The minimum Gasteiger partial charge on any atom is -0.486 e. The monoisotopic (exact) mass is 267 g/mol. The summed E-state index contributed by atoms with van der Waals surface area (Å²) >= 11 is 4.93. The Labute approximate surface area is 93.9 Å². The van der Waals surface area contributed by atoms with E-state index < -0.39 is 0 Å². The Morgan fingerprint density at radius 1 is 1.50 bits per heavy atom. The molecule has 0 aliphatic heterocycles. The number of thiophene rings is 1. The topological polar surface area (TPSA) is 33.0 Å². The second-order valence-electron chi connectivity index (χ2n) is 2.70. The number of halogens is 1.